The average Bonchev–Trinajstić information content (AvgIpc) is 2.51. The molecule has 0 spiro atoms. The maximum atomic E-state index is 10.1. The minimum absolute atomic E-state index is 0.217. The van der Waals surface area contributed by atoms with Crippen molar-refractivity contribution in [3.05, 3.63) is 46.1 Å². The zero-order valence-electron chi connectivity index (χ0n) is 15.9. The maximum absolute atomic E-state index is 10.1. The number of hydrogen-bond acceptors (Lipinski definition) is 5. The summed E-state index contributed by atoms with van der Waals surface area (Å²) >= 11 is 0. The Kier molecular flexibility index (Phi) is 6.03. The number of nitrogens with zero attached hydrogens (tertiary/aromatic N) is 2. The average molecular weight is 344 g/mol. The third-order valence-electron chi connectivity index (χ3n) is 4.25. The molecule has 0 saturated carbocycles. The second kappa shape index (κ2) is 7.85. The van der Waals surface area contributed by atoms with Crippen LogP contribution in [0.4, 0.5) is 5.69 Å². The van der Waals surface area contributed by atoms with Crippen LogP contribution in [-0.4, -0.2) is 28.0 Å². The Balaban J connectivity index is 2.57. The van der Waals surface area contributed by atoms with E-state index in [2.05, 4.69) is 17.1 Å². The summed E-state index contributed by atoms with van der Waals surface area (Å²) in [5, 5.41) is 20.0. The standard InChI is InChI=1S/C20H28N2O3/c1-7-22(16(6)24)18-10-15(5)21-20(17(18)11-23)25-19-13(3)8-12(2)9-14(19)4/h8-10,16,23-24H,7,11H2,1-6H3. The summed E-state index contributed by atoms with van der Waals surface area (Å²) in [4.78, 5) is 6.30. The number of aromatic nitrogens is 1. The lowest BCUT2D eigenvalue weighted by Crippen LogP contribution is -2.33. The van der Waals surface area contributed by atoms with Crippen LogP contribution in [0.2, 0.25) is 0 Å². The van der Waals surface area contributed by atoms with Gasteiger partial charge in [0.25, 0.3) is 0 Å². The van der Waals surface area contributed by atoms with Crippen molar-refractivity contribution < 1.29 is 14.9 Å². The van der Waals surface area contributed by atoms with Crippen molar-refractivity contribution in [2.24, 2.45) is 0 Å². The summed E-state index contributed by atoms with van der Waals surface area (Å²) in [6, 6.07) is 5.99. The fourth-order valence-corrected chi connectivity index (χ4v) is 3.20. The largest absolute Gasteiger partial charge is 0.438 e. The van der Waals surface area contributed by atoms with Gasteiger partial charge in [-0.05, 0) is 58.7 Å². The summed E-state index contributed by atoms with van der Waals surface area (Å²) in [6.07, 6.45) is -0.673. The van der Waals surface area contributed by atoms with Crippen LogP contribution in [0.5, 0.6) is 11.6 Å². The van der Waals surface area contributed by atoms with Gasteiger partial charge in [0.1, 0.15) is 12.0 Å². The van der Waals surface area contributed by atoms with Gasteiger partial charge in [0.05, 0.1) is 17.9 Å². The van der Waals surface area contributed by atoms with E-state index in [1.165, 1.54) is 5.56 Å². The summed E-state index contributed by atoms with van der Waals surface area (Å²) in [7, 11) is 0. The van der Waals surface area contributed by atoms with Gasteiger partial charge in [-0.1, -0.05) is 17.7 Å². The molecule has 0 fully saturated rings. The third kappa shape index (κ3) is 4.11. The van der Waals surface area contributed by atoms with Gasteiger partial charge in [0, 0.05) is 12.2 Å². The highest BCUT2D eigenvalue weighted by Gasteiger charge is 2.20. The minimum Gasteiger partial charge on any atom is -0.438 e. The topological polar surface area (TPSA) is 65.8 Å². The molecule has 25 heavy (non-hydrogen) atoms. The van der Waals surface area contributed by atoms with E-state index in [9.17, 15) is 10.2 Å². The predicted octanol–water partition coefficient (Wildman–Crippen LogP) is 3.76. The Labute approximate surface area is 149 Å². The molecule has 0 aliphatic carbocycles. The van der Waals surface area contributed by atoms with Gasteiger partial charge in [0.15, 0.2) is 0 Å². The highest BCUT2D eigenvalue weighted by molar-refractivity contribution is 5.59. The normalized spacial score (nSPS) is 12.2. The first-order valence-corrected chi connectivity index (χ1v) is 8.60. The molecule has 136 valence electrons. The summed E-state index contributed by atoms with van der Waals surface area (Å²) in [5.41, 5.74) is 5.30. The minimum atomic E-state index is -0.673. The number of aliphatic hydroxyl groups excluding tert-OH is 2. The van der Waals surface area contributed by atoms with Crippen LogP contribution in [0, 0.1) is 27.7 Å². The summed E-state index contributed by atoms with van der Waals surface area (Å²) in [5.74, 6) is 1.14. The Bertz CT molecular complexity index is 734. The molecule has 1 heterocycles. The van der Waals surface area contributed by atoms with E-state index < -0.39 is 6.23 Å². The number of benzene rings is 1. The Hall–Kier alpha value is -2.11. The number of hydrogen-bond donors (Lipinski definition) is 2. The van der Waals surface area contributed by atoms with Crippen LogP contribution in [0.3, 0.4) is 0 Å². The lowest BCUT2D eigenvalue weighted by molar-refractivity contribution is 0.188. The fraction of sp³-hybridized carbons (Fsp3) is 0.450. The van der Waals surface area contributed by atoms with Crippen molar-refractivity contribution in [1.29, 1.82) is 0 Å². The van der Waals surface area contributed by atoms with E-state index in [-0.39, 0.29) is 6.61 Å². The molecule has 0 aliphatic heterocycles. The van der Waals surface area contributed by atoms with E-state index >= 15 is 0 Å². The van der Waals surface area contributed by atoms with Crippen molar-refractivity contribution in [3.63, 3.8) is 0 Å². The van der Waals surface area contributed by atoms with Crippen LogP contribution in [0.15, 0.2) is 18.2 Å². The van der Waals surface area contributed by atoms with Gasteiger partial charge in [-0.25, -0.2) is 4.98 Å². The molecule has 0 amide bonds. The van der Waals surface area contributed by atoms with Crippen molar-refractivity contribution in [2.45, 2.75) is 54.4 Å². The zero-order chi connectivity index (χ0) is 18.7. The van der Waals surface area contributed by atoms with Gasteiger partial charge in [-0.15, -0.1) is 0 Å². The van der Waals surface area contributed by atoms with Crippen molar-refractivity contribution >= 4 is 5.69 Å². The van der Waals surface area contributed by atoms with Crippen LogP contribution in [0.25, 0.3) is 0 Å². The number of aryl methyl sites for hydroxylation is 4. The predicted molar refractivity (Wildman–Crippen MR) is 100 cm³/mol. The quantitative estimate of drug-likeness (QED) is 0.781. The molecular weight excluding hydrogens is 316 g/mol. The zero-order valence-corrected chi connectivity index (χ0v) is 15.9. The first kappa shape index (κ1) is 19.2. The van der Waals surface area contributed by atoms with E-state index in [0.717, 1.165) is 28.3 Å². The second-order valence-electron chi connectivity index (χ2n) is 6.47. The molecule has 0 saturated heterocycles. The van der Waals surface area contributed by atoms with Gasteiger partial charge in [0.2, 0.25) is 5.88 Å². The lowest BCUT2D eigenvalue weighted by Gasteiger charge is -2.29. The highest BCUT2D eigenvalue weighted by atomic mass is 16.5. The number of aliphatic hydroxyl groups is 2. The monoisotopic (exact) mass is 344 g/mol. The molecule has 2 aromatic rings. The van der Waals surface area contributed by atoms with E-state index in [0.29, 0.717) is 18.0 Å². The Morgan fingerprint density at radius 2 is 1.72 bits per heavy atom. The molecule has 2 N–H and O–H groups in total. The molecule has 0 radical (unpaired) electrons. The molecule has 1 atom stereocenters. The fourth-order valence-electron chi connectivity index (χ4n) is 3.20. The summed E-state index contributed by atoms with van der Waals surface area (Å²) < 4.78 is 6.13. The molecule has 0 aliphatic rings. The maximum Gasteiger partial charge on any atom is 0.227 e. The number of rotatable bonds is 6. The molecule has 1 aromatic carbocycles. The van der Waals surface area contributed by atoms with Crippen LogP contribution in [0.1, 0.15) is 41.8 Å². The van der Waals surface area contributed by atoms with Crippen molar-refractivity contribution in [2.75, 3.05) is 11.4 Å². The third-order valence-corrected chi connectivity index (χ3v) is 4.25. The van der Waals surface area contributed by atoms with E-state index in [1.807, 2.05) is 45.6 Å². The molecule has 1 unspecified atom stereocenters. The smallest absolute Gasteiger partial charge is 0.227 e. The van der Waals surface area contributed by atoms with Gasteiger partial charge >= 0.3 is 0 Å². The van der Waals surface area contributed by atoms with Crippen LogP contribution >= 0.6 is 0 Å². The summed E-state index contributed by atoms with van der Waals surface area (Å²) in [6.45, 7) is 12.0. The van der Waals surface area contributed by atoms with Gasteiger partial charge in [-0.3, -0.25) is 0 Å². The molecular formula is C20H28N2O3. The molecule has 2 rings (SSSR count). The number of anilines is 1. The van der Waals surface area contributed by atoms with Crippen molar-refractivity contribution in [3.8, 4) is 11.6 Å². The number of ether oxygens (including phenoxy) is 1. The number of pyridine rings is 1. The molecule has 0 bridgehead atoms. The van der Waals surface area contributed by atoms with E-state index in [1.54, 1.807) is 6.92 Å². The van der Waals surface area contributed by atoms with Gasteiger partial charge in [-0.2, -0.15) is 0 Å². The SMILES string of the molecule is CCN(c1cc(C)nc(Oc2c(C)cc(C)cc2C)c1CO)C(C)O. The first-order valence-electron chi connectivity index (χ1n) is 8.60. The molecule has 5 heteroatoms. The Morgan fingerprint density at radius 1 is 1.12 bits per heavy atom. The Morgan fingerprint density at radius 3 is 2.20 bits per heavy atom. The van der Waals surface area contributed by atoms with Crippen molar-refractivity contribution in [1.82, 2.24) is 4.98 Å². The van der Waals surface area contributed by atoms with Crippen LogP contribution in [-0.2, 0) is 6.61 Å². The molecule has 5 nitrogen and oxygen atoms in total. The highest BCUT2D eigenvalue weighted by Crippen LogP contribution is 2.35. The van der Waals surface area contributed by atoms with Gasteiger partial charge < -0.3 is 19.8 Å². The van der Waals surface area contributed by atoms with E-state index in [4.69, 9.17) is 4.74 Å². The molecule has 1 aromatic heterocycles. The lowest BCUT2D eigenvalue weighted by atomic mass is 10.1. The first-order chi connectivity index (χ1) is 11.8. The second-order valence-corrected chi connectivity index (χ2v) is 6.47. The van der Waals surface area contributed by atoms with Crippen LogP contribution < -0.4 is 9.64 Å².